The van der Waals surface area contributed by atoms with E-state index in [1.807, 2.05) is 13.8 Å². The van der Waals surface area contributed by atoms with E-state index < -0.39 is 0 Å². The molecule has 2 fully saturated rings. The van der Waals surface area contributed by atoms with Crippen LogP contribution in [0.2, 0.25) is 0 Å². The summed E-state index contributed by atoms with van der Waals surface area (Å²) in [5.41, 5.74) is 0.397. The number of aliphatic hydroxyl groups excluding tert-OH is 1. The van der Waals surface area contributed by atoms with Crippen molar-refractivity contribution in [1.29, 1.82) is 0 Å². The van der Waals surface area contributed by atoms with Crippen LogP contribution in [0.25, 0.3) is 0 Å². The lowest BCUT2D eigenvalue weighted by Gasteiger charge is -2.56. The van der Waals surface area contributed by atoms with Crippen molar-refractivity contribution in [2.75, 3.05) is 0 Å². The van der Waals surface area contributed by atoms with Gasteiger partial charge in [0, 0.05) is 12.0 Å². The quantitative estimate of drug-likeness (QED) is 0.695. The van der Waals surface area contributed by atoms with Crippen LogP contribution in [0.3, 0.4) is 0 Å². The molecule has 2 saturated carbocycles. The average molecular weight is 197 g/mol. The predicted molar refractivity (Wildman–Crippen MR) is 53.7 cm³/mol. The summed E-state index contributed by atoms with van der Waals surface area (Å²) >= 11 is 0. The Labute approximate surface area is 84.9 Å². The van der Waals surface area contributed by atoms with Gasteiger partial charge in [-0.15, -0.1) is 0 Å². The van der Waals surface area contributed by atoms with E-state index >= 15 is 0 Å². The monoisotopic (exact) mass is 197 g/mol. The second-order valence-electron chi connectivity index (χ2n) is 5.33. The van der Waals surface area contributed by atoms with Crippen LogP contribution in [0.1, 0.15) is 39.5 Å². The summed E-state index contributed by atoms with van der Waals surface area (Å²) in [7, 11) is 0. The Balaban J connectivity index is 1.71. The molecule has 3 nitrogen and oxygen atoms in total. The molecule has 0 heterocycles. The fourth-order valence-corrected chi connectivity index (χ4v) is 2.73. The molecule has 2 rings (SSSR count). The minimum absolute atomic E-state index is 0.0725. The van der Waals surface area contributed by atoms with E-state index in [0.717, 1.165) is 25.7 Å². The molecule has 0 radical (unpaired) electrons. The third-order valence-corrected chi connectivity index (χ3v) is 3.57. The second-order valence-corrected chi connectivity index (χ2v) is 5.33. The summed E-state index contributed by atoms with van der Waals surface area (Å²) in [4.78, 5) is 11.4. The number of carbonyl (C=O) groups excluding carboxylic acids is 1. The van der Waals surface area contributed by atoms with E-state index in [-0.39, 0.29) is 17.9 Å². The molecule has 0 saturated heterocycles. The fourth-order valence-electron chi connectivity index (χ4n) is 2.73. The molecule has 1 amide bonds. The van der Waals surface area contributed by atoms with Gasteiger partial charge in [-0.1, -0.05) is 13.8 Å². The standard InChI is InChI=1S/C11H19NO2/c1-7(2)10(14)12-8-3-11(4-8)5-9(13)6-11/h7-9,13H,3-6H2,1-2H3,(H,12,14). The van der Waals surface area contributed by atoms with Gasteiger partial charge in [-0.2, -0.15) is 0 Å². The predicted octanol–water partition coefficient (Wildman–Crippen LogP) is 1.06. The van der Waals surface area contributed by atoms with Crippen molar-refractivity contribution >= 4 is 5.91 Å². The number of nitrogens with one attached hydrogen (secondary N) is 1. The van der Waals surface area contributed by atoms with Gasteiger partial charge in [-0.05, 0) is 31.1 Å². The average Bonchev–Trinajstić information content (AvgIpc) is 1.97. The van der Waals surface area contributed by atoms with Gasteiger partial charge in [0.2, 0.25) is 5.91 Å². The van der Waals surface area contributed by atoms with E-state index in [0.29, 0.717) is 11.5 Å². The van der Waals surface area contributed by atoms with Crippen LogP contribution in [0, 0.1) is 11.3 Å². The SMILES string of the molecule is CC(C)C(=O)NC1CC2(CC(O)C2)C1. The molecule has 0 aromatic heterocycles. The zero-order valence-electron chi connectivity index (χ0n) is 8.92. The summed E-state index contributed by atoms with van der Waals surface area (Å²) < 4.78 is 0. The minimum Gasteiger partial charge on any atom is -0.393 e. The van der Waals surface area contributed by atoms with Gasteiger partial charge in [0.25, 0.3) is 0 Å². The topological polar surface area (TPSA) is 49.3 Å². The third kappa shape index (κ3) is 1.65. The second kappa shape index (κ2) is 3.23. The van der Waals surface area contributed by atoms with Gasteiger partial charge in [0.05, 0.1) is 6.10 Å². The van der Waals surface area contributed by atoms with E-state index in [4.69, 9.17) is 0 Å². The third-order valence-electron chi connectivity index (χ3n) is 3.57. The first kappa shape index (κ1) is 9.97. The lowest BCUT2D eigenvalue weighted by molar-refractivity contribution is -0.131. The minimum atomic E-state index is -0.0725. The highest BCUT2D eigenvalue weighted by molar-refractivity contribution is 5.78. The number of hydrogen-bond donors (Lipinski definition) is 2. The molecular formula is C11H19NO2. The van der Waals surface area contributed by atoms with Crippen molar-refractivity contribution in [3.8, 4) is 0 Å². The molecule has 0 unspecified atom stereocenters. The van der Waals surface area contributed by atoms with Crippen molar-refractivity contribution in [3.05, 3.63) is 0 Å². The molecular weight excluding hydrogens is 178 g/mol. The molecule has 0 aromatic rings. The molecule has 2 N–H and O–H groups in total. The first-order valence-electron chi connectivity index (χ1n) is 5.49. The molecule has 2 aliphatic rings. The van der Waals surface area contributed by atoms with Crippen LogP contribution < -0.4 is 5.32 Å². The highest BCUT2D eigenvalue weighted by atomic mass is 16.3. The Bertz CT molecular complexity index is 236. The van der Waals surface area contributed by atoms with Crippen molar-refractivity contribution < 1.29 is 9.90 Å². The normalized spacial score (nSPS) is 40.6. The maximum Gasteiger partial charge on any atom is 0.222 e. The number of aliphatic hydroxyl groups is 1. The summed E-state index contributed by atoms with van der Waals surface area (Å²) in [5, 5.41) is 12.3. The molecule has 0 bridgehead atoms. The number of rotatable bonds is 2. The van der Waals surface area contributed by atoms with Gasteiger partial charge in [-0.3, -0.25) is 4.79 Å². The maximum absolute atomic E-state index is 11.4. The smallest absolute Gasteiger partial charge is 0.222 e. The molecule has 0 aromatic carbocycles. The number of hydrogen-bond acceptors (Lipinski definition) is 2. The van der Waals surface area contributed by atoms with Crippen molar-refractivity contribution in [2.45, 2.75) is 51.7 Å². The lowest BCUT2D eigenvalue weighted by Crippen LogP contribution is -2.58. The van der Waals surface area contributed by atoms with Gasteiger partial charge in [0.15, 0.2) is 0 Å². The van der Waals surface area contributed by atoms with E-state index in [1.54, 1.807) is 0 Å². The largest absolute Gasteiger partial charge is 0.393 e. The van der Waals surface area contributed by atoms with Gasteiger partial charge >= 0.3 is 0 Å². The van der Waals surface area contributed by atoms with E-state index in [9.17, 15) is 9.90 Å². The Morgan fingerprint density at radius 2 is 1.93 bits per heavy atom. The van der Waals surface area contributed by atoms with Crippen molar-refractivity contribution in [1.82, 2.24) is 5.32 Å². The van der Waals surface area contributed by atoms with Gasteiger partial charge in [0.1, 0.15) is 0 Å². The molecule has 14 heavy (non-hydrogen) atoms. The Morgan fingerprint density at radius 3 is 2.36 bits per heavy atom. The molecule has 3 heteroatoms. The zero-order valence-corrected chi connectivity index (χ0v) is 8.92. The summed E-state index contributed by atoms with van der Waals surface area (Å²) in [6.45, 7) is 3.83. The van der Waals surface area contributed by atoms with Gasteiger partial charge < -0.3 is 10.4 Å². The summed E-state index contributed by atoms with van der Waals surface area (Å²) in [5.74, 6) is 0.239. The highest BCUT2D eigenvalue weighted by Crippen LogP contribution is 2.55. The first-order chi connectivity index (χ1) is 6.51. The Morgan fingerprint density at radius 1 is 1.36 bits per heavy atom. The van der Waals surface area contributed by atoms with Crippen LogP contribution in [-0.2, 0) is 4.79 Å². The number of amides is 1. The van der Waals surface area contributed by atoms with Crippen LogP contribution in [-0.4, -0.2) is 23.2 Å². The van der Waals surface area contributed by atoms with E-state index in [2.05, 4.69) is 5.32 Å². The van der Waals surface area contributed by atoms with Crippen LogP contribution >= 0.6 is 0 Å². The lowest BCUT2D eigenvalue weighted by atomic mass is 9.53. The number of carbonyl (C=O) groups is 1. The summed E-state index contributed by atoms with van der Waals surface area (Å²) in [6, 6.07) is 0.373. The highest BCUT2D eigenvalue weighted by Gasteiger charge is 2.52. The maximum atomic E-state index is 11.4. The van der Waals surface area contributed by atoms with Crippen LogP contribution in [0.4, 0.5) is 0 Å². The Kier molecular flexibility index (Phi) is 2.30. The van der Waals surface area contributed by atoms with Gasteiger partial charge in [-0.25, -0.2) is 0 Å². The summed E-state index contributed by atoms with van der Waals surface area (Å²) in [6.07, 6.45) is 3.96. The van der Waals surface area contributed by atoms with Crippen molar-refractivity contribution in [3.63, 3.8) is 0 Å². The molecule has 0 aliphatic heterocycles. The van der Waals surface area contributed by atoms with E-state index in [1.165, 1.54) is 0 Å². The van der Waals surface area contributed by atoms with Crippen LogP contribution in [0.5, 0.6) is 0 Å². The fraction of sp³-hybridized carbons (Fsp3) is 0.909. The molecule has 1 spiro atoms. The molecule has 2 aliphatic carbocycles. The molecule has 0 atom stereocenters. The van der Waals surface area contributed by atoms with Crippen LogP contribution in [0.15, 0.2) is 0 Å². The van der Waals surface area contributed by atoms with Crippen molar-refractivity contribution in [2.24, 2.45) is 11.3 Å². The zero-order chi connectivity index (χ0) is 10.3. The Hall–Kier alpha value is -0.570. The molecule has 80 valence electrons. The first-order valence-corrected chi connectivity index (χ1v) is 5.49.